The molecule has 2 N–H and O–H groups in total. The van der Waals surface area contributed by atoms with Crippen LogP contribution in [-0.4, -0.2) is 26.6 Å². The summed E-state index contributed by atoms with van der Waals surface area (Å²) >= 11 is 7.63. The predicted molar refractivity (Wildman–Crippen MR) is 126 cm³/mol. The van der Waals surface area contributed by atoms with Crippen molar-refractivity contribution >= 4 is 40.4 Å². The lowest BCUT2D eigenvalue weighted by Gasteiger charge is -2.11. The van der Waals surface area contributed by atoms with Gasteiger partial charge in [-0.3, -0.25) is 9.36 Å². The third-order valence-electron chi connectivity index (χ3n) is 4.79. The number of aryl methyl sites for hydroxylation is 2. The van der Waals surface area contributed by atoms with E-state index in [1.165, 1.54) is 11.3 Å². The van der Waals surface area contributed by atoms with Gasteiger partial charge in [0.05, 0.1) is 17.1 Å². The molecular weight excluding hydrogens is 446 g/mol. The summed E-state index contributed by atoms with van der Waals surface area (Å²) in [7, 11) is 0. The Morgan fingerprint density at radius 2 is 1.84 bits per heavy atom. The summed E-state index contributed by atoms with van der Waals surface area (Å²) in [5.41, 5.74) is 2.67. The third kappa shape index (κ3) is 4.56. The van der Waals surface area contributed by atoms with Crippen LogP contribution in [0.25, 0.3) is 5.00 Å². The van der Waals surface area contributed by atoms with E-state index in [0.717, 1.165) is 5.56 Å². The van der Waals surface area contributed by atoms with Crippen molar-refractivity contribution in [1.29, 1.82) is 0 Å². The van der Waals surface area contributed by atoms with Crippen LogP contribution in [0.3, 0.4) is 0 Å². The predicted octanol–water partition coefficient (Wildman–Crippen LogP) is 5.15. The molecule has 0 bridgehead atoms. The molecule has 2 aromatic heterocycles. The Morgan fingerprint density at radius 3 is 2.62 bits per heavy atom. The number of rotatable bonds is 6. The number of halogens is 1. The van der Waals surface area contributed by atoms with E-state index in [2.05, 4.69) is 20.8 Å². The smallest absolute Gasteiger partial charge is 0.319 e. The first-order valence-corrected chi connectivity index (χ1v) is 11.1. The van der Waals surface area contributed by atoms with Gasteiger partial charge >= 0.3 is 6.03 Å². The molecule has 0 aliphatic carbocycles. The number of hydrogen-bond donors (Lipinski definition) is 2. The summed E-state index contributed by atoms with van der Waals surface area (Å²) in [6, 6.07) is 15.9. The van der Waals surface area contributed by atoms with E-state index in [0.29, 0.717) is 38.5 Å². The Kier molecular flexibility index (Phi) is 6.34. The van der Waals surface area contributed by atoms with E-state index >= 15 is 0 Å². The molecule has 0 saturated heterocycles. The molecule has 2 amide bonds. The second-order valence-electron chi connectivity index (χ2n) is 7.12. The van der Waals surface area contributed by atoms with Gasteiger partial charge in [0.15, 0.2) is 11.6 Å². The maximum absolute atomic E-state index is 13.2. The van der Waals surface area contributed by atoms with Gasteiger partial charge in [0.2, 0.25) is 0 Å². The van der Waals surface area contributed by atoms with E-state index in [1.807, 2.05) is 36.6 Å². The van der Waals surface area contributed by atoms with Crippen molar-refractivity contribution in [3.63, 3.8) is 0 Å². The van der Waals surface area contributed by atoms with Crippen molar-refractivity contribution in [2.75, 3.05) is 5.32 Å². The van der Waals surface area contributed by atoms with Crippen LogP contribution in [0.1, 0.15) is 33.1 Å². The minimum absolute atomic E-state index is 0.135. The summed E-state index contributed by atoms with van der Waals surface area (Å²) in [6.45, 7) is 3.89. The molecule has 32 heavy (non-hydrogen) atoms. The lowest BCUT2D eigenvalue weighted by atomic mass is 10.1. The molecule has 0 aliphatic rings. The van der Waals surface area contributed by atoms with Crippen LogP contribution in [0.4, 0.5) is 10.5 Å². The molecule has 2 heterocycles. The number of anilines is 1. The molecule has 7 nitrogen and oxygen atoms in total. The molecule has 0 aliphatic heterocycles. The summed E-state index contributed by atoms with van der Waals surface area (Å²) in [6.07, 6.45) is 0. The van der Waals surface area contributed by atoms with E-state index in [9.17, 15) is 9.59 Å². The maximum atomic E-state index is 13.2. The zero-order valence-corrected chi connectivity index (χ0v) is 19.0. The van der Waals surface area contributed by atoms with E-state index in [-0.39, 0.29) is 18.4 Å². The van der Waals surface area contributed by atoms with Crippen LogP contribution in [-0.2, 0) is 6.54 Å². The van der Waals surface area contributed by atoms with Crippen LogP contribution in [0.2, 0.25) is 5.02 Å². The molecule has 0 atom stereocenters. The third-order valence-corrected chi connectivity index (χ3v) is 6.01. The highest BCUT2D eigenvalue weighted by molar-refractivity contribution is 7.13. The first-order valence-electron chi connectivity index (χ1n) is 9.83. The van der Waals surface area contributed by atoms with E-state index in [4.69, 9.17) is 11.6 Å². The number of thiophene rings is 1. The number of nitrogens with zero attached hydrogens (tertiary/aromatic N) is 3. The highest BCUT2D eigenvalue weighted by Gasteiger charge is 2.22. The van der Waals surface area contributed by atoms with Crippen molar-refractivity contribution in [3.8, 4) is 5.00 Å². The standard InChI is InChI=1S/C23H20ClN5O2S/c1-14-6-5-7-16(12-14)26-23(31)25-13-20-28-27-15(2)29(20)22-18(10-11-32-22)21(30)17-8-3-4-9-19(17)24/h3-12H,13H2,1-2H3,(H2,25,26,31). The Hall–Kier alpha value is -3.49. The lowest BCUT2D eigenvalue weighted by Crippen LogP contribution is -2.29. The number of carbonyl (C=O) groups excluding carboxylic acids is 2. The normalized spacial score (nSPS) is 10.7. The van der Waals surface area contributed by atoms with Gasteiger partial charge in [0.1, 0.15) is 10.8 Å². The summed E-state index contributed by atoms with van der Waals surface area (Å²) in [5, 5.41) is 16.8. The van der Waals surface area contributed by atoms with Crippen molar-refractivity contribution in [2.45, 2.75) is 20.4 Å². The Bertz CT molecular complexity index is 1300. The van der Waals surface area contributed by atoms with Gasteiger partial charge < -0.3 is 10.6 Å². The molecular formula is C23H20ClN5O2S. The fourth-order valence-electron chi connectivity index (χ4n) is 3.28. The molecule has 0 saturated carbocycles. The fraction of sp³-hybridized carbons (Fsp3) is 0.130. The second kappa shape index (κ2) is 9.33. The number of urea groups is 1. The van der Waals surface area contributed by atoms with Gasteiger partial charge in [-0.1, -0.05) is 35.9 Å². The molecule has 2 aromatic carbocycles. The van der Waals surface area contributed by atoms with Gasteiger partial charge in [-0.15, -0.1) is 21.5 Å². The van der Waals surface area contributed by atoms with Crippen molar-refractivity contribution in [2.24, 2.45) is 0 Å². The number of carbonyl (C=O) groups is 2. The Labute approximate surface area is 194 Å². The number of nitrogens with one attached hydrogen (secondary N) is 2. The number of aromatic nitrogens is 3. The van der Waals surface area contributed by atoms with E-state index in [1.54, 1.807) is 41.8 Å². The van der Waals surface area contributed by atoms with Crippen LogP contribution < -0.4 is 10.6 Å². The number of hydrogen-bond acceptors (Lipinski definition) is 5. The van der Waals surface area contributed by atoms with Gasteiger partial charge in [0.25, 0.3) is 0 Å². The SMILES string of the molecule is Cc1cccc(NC(=O)NCc2nnc(C)n2-c2sccc2C(=O)c2ccccc2Cl)c1. The lowest BCUT2D eigenvalue weighted by molar-refractivity contribution is 0.103. The fourth-order valence-corrected chi connectivity index (χ4v) is 4.47. The second-order valence-corrected chi connectivity index (χ2v) is 8.43. The maximum Gasteiger partial charge on any atom is 0.319 e. The van der Waals surface area contributed by atoms with Crippen LogP contribution in [0.15, 0.2) is 60.0 Å². The molecule has 9 heteroatoms. The minimum atomic E-state index is -0.360. The van der Waals surface area contributed by atoms with Crippen molar-refractivity contribution < 1.29 is 9.59 Å². The monoisotopic (exact) mass is 465 g/mol. The first-order chi connectivity index (χ1) is 15.4. The highest BCUT2D eigenvalue weighted by atomic mass is 35.5. The molecule has 4 aromatic rings. The van der Waals surface area contributed by atoms with E-state index < -0.39 is 0 Å². The number of benzene rings is 2. The van der Waals surface area contributed by atoms with Crippen LogP contribution in [0.5, 0.6) is 0 Å². The molecule has 4 rings (SSSR count). The Morgan fingerprint density at radius 1 is 1.03 bits per heavy atom. The number of amides is 2. The number of ketones is 1. The zero-order chi connectivity index (χ0) is 22.7. The van der Waals surface area contributed by atoms with Crippen LogP contribution >= 0.6 is 22.9 Å². The first kappa shape index (κ1) is 21.7. The molecule has 0 fully saturated rings. The Balaban J connectivity index is 1.55. The van der Waals surface area contributed by atoms with Gasteiger partial charge in [0, 0.05) is 11.3 Å². The summed E-state index contributed by atoms with van der Waals surface area (Å²) in [5.74, 6) is 0.935. The highest BCUT2D eigenvalue weighted by Crippen LogP contribution is 2.28. The van der Waals surface area contributed by atoms with Crippen molar-refractivity contribution in [1.82, 2.24) is 20.1 Å². The molecule has 0 radical (unpaired) electrons. The molecule has 0 spiro atoms. The topological polar surface area (TPSA) is 88.9 Å². The van der Waals surface area contributed by atoms with Gasteiger partial charge in [-0.05, 0) is 55.1 Å². The molecule has 162 valence electrons. The zero-order valence-electron chi connectivity index (χ0n) is 17.4. The van der Waals surface area contributed by atoms with Gasteiger partial charge in [-0.2, -0.15) is 0 Å². The largest absolute Gasteiger partial charge is 0.331 e. The average molecular weight is 466 g/mol. The van der Waals surface area contributed by atoms with Crippen molar-refractivity contribution in [3.05, 3.63) is 93.3 Å². The van der Waals surface area contributed by atoms with Crippen LogP contribution in [0, 0.1) is 13.8 Å². The molecule has 0 unspecified atom stereocenters. The van der Waals surface area contributed by atoms with Gasteiger partial charge in [-0.25, -0.2) is 4.79 Å². The summed E-state index contributed by atoms with van der Waals surface area (Å²) in [4.78, 5) is 25.5. The minimum Gasteiger partial charge on any atom is -0.331 e. The average Bonchev–Trinajstić information content (AvgIpc) is 3.38. The quantitative estimate of drug-likeness (QED) is 0.385. The summed E-state index contributed by atoms with van der Waals surface area (Å²) < 4.78 is 1.78.